The first-order valence-electron chi connectivity index (χ1n) is 7.06. The standard InChI is InChI=1S/C14H16N2P4Se3/c1-15(13-9-5-3-6-10-13)17-19-22-18(20(21-17)23-19)16(2)14-11-7-4-8-12-14/h3-12H,1-2H3. The number of hydrogen-bond donors (Lipinski definition) is 0. The Hall–Kier alpha value is 0.798. The Morgan fingerprint density at radius 3 is 1.35 bits per heavy atom. The van der Waals surface area contributed by atoms with Gasteiger partial charge in [-0.25, -0.2) is 0 Å². The van der Waals surface area contributed by atoms with Crippen molar-refractivity contribution in [2.45, 2.75) is 0 Å². The Labute approximate surface area is 155 Å². The maximum atomic E-state index is 2.70. The summed E-state index contributed by atoms with van der Waals surface area (Å²) in [6, 6.07) is 22.6. The molecule has 4 aromatic rings. The summed E-state index contributed by atoms with van der Waals surface area (Å²) >= 11 is 2.87. The molecular weight excluding hydrogens is 557 g/mol. The third kappa shape index (κ3) is 3.54. The number of para-hydroxylation sites is 2. The molecule has 2 aromatic heterocycles. The molecule has 0 radical (unpaired) electrons. The molecule has 120 valence electrons. The van der Waals surface area contributed by atoms with Gasteiger partial charge >= 0.3 is 157 Å². The van der Waals surface area contributed by atoms with E-state index in [0.717, 1.165) is 40.8 Å². The summed E-state index contributed by atoms with van der Waals surface area (Å²) in [7, 11) is 4.75. The van der Waals surface area contributed by atoms with Crippen molar-refractivity contribution in [2.24, 2.45) is 0 Å². The van der Waals surface area contributed by atoms with Gasteiger partial charge in [-0.05, 0) is 0 Å². The zero-order valence-corrected chi connectivity index (χ0v) is 21.4. The molecule has 0 aliphatic heterocycles. The van der Waals surface area contributed by atoms with Crippen molar-refractivity contribution in [3.63, 3.8) is 0 Å². The van der Waals surface area contributed by atoms with Crippen LogP contribution in [-0.2, 0) is 0 Å². The molecule has 2 aromatic carbocycles. The van der Waals surface area contributed by atoms with Crippen molar-refractivity contribution in [1.82, 2.24) is 0 Å². The van der Waals surface area contributed by atoms with Gasteiger partial charge in [-0.3, -0.25) is 0 Å². The molecule has 0 fully saturated rings. The number of benzene rings is 2. The van der Waals surface area contributed by atoms with Gasteiger partial charge in [0.15, 0.2) is 0 Å². The van der Waals surface area contributed by atoms with E-state index in [0.29, 0.717) is 8.67 Å². The van der Waals surface area contributed by atoms with Crippen molar-refractivity contribution < 1.29 is 0 Å². The number of anilines is 2. The minimum atomic E-state index is 0.218. The van der Waals surface area contributed by atoms with Crippen LogP contribution < -0.4 is 9.34 Å². The number of rotatable bonds is 4. The molecule has 2 heterocycles. The van der Waals surface area contributed by atoms with Crippen molar-refractivity contribution in [1.29, 1.82) is 0 Å². The molecule has 23 heavy (non-hydrogen) atoms. The molecule has 9 heteroatoms. The molecule has 0 spiro atoms. The molecule has 0 aliphatic rings. The van der Waals surface area contributed by atoms with Gasteiger partial charge in [0.1, 0.15) is 0 Å². The summed E-state index contributed by atoms with van der Waals surface area (Å²) in [6.07, 6.45) is 0. The Morgan fingerprint density at radius 2 is 1.00 bits per heavy atom. The molecule has 0 saturated carbocycles. The van der Waals surface area contributed by atoms with Gasteiger partial charge in [0.25, 0.3) is 0 Å². The fraction of sp³-hybridized carbons (Fsp3) is 0.143. The van der Waals surface area contributed by atoms with E-state index in [2.05, 4.69) is 84.1 Å². The first-order chi connectivity index (χ1) is 11.2. The maximum absolute atomic E-state index is 2.70. The van der Waals surface area contributed by atoms with E-state index in [9.17, 15) is 0 Å². The summed E-state index contributed by atoms with van der Waals surface area (Å²) in [5, 5.41) is 0. The zero-order valence-electron chi connectivity index (χ0n) is 12.7. The van der Waals surface area contributed by atoms with Crippen LogP contribution in [0.25, 0.3) is 0 Å². The van der Waals surface area contributed by atoms with Gasteiger partial charge in [-0.15, -0.1) is 0 Å². The van der Waals surface area contributed by atoms with E-state index < -0.39 is 0 Å². The molecule has 4 unspecified atom stereocenters. The van der Waals surface area contributed by atoms with Crippen LogP contribution in [0.2, 0.25) is 0 Å². The van der Waals surface area contributed by atoms with Crippen LogP contribution in [0.4, 0.5) is 11.4 Å². The summed E-state index contributed by atoms with van der Waals surface area (Å²) in [5.41, 5.74) is 2.91. The van der Waals surface area contributed by atoms with Gasteiger partial charge in [0, 0.05) is 0 Å². The van der Waals surface area contributed by atoms with Crippen LogP contribution in [-0.4, -0.2) is 54.9 Å². The Morgan fingerprint density at radius 1 is 0.609 bits per heavy atom. The molecule has 4 atom stereocenters. The van der Waals surface area contributed by atoms with Gasteiger partial charge in [-0.1, -0.05) is 0 Å². The fourth-order valence-electron chi connectivity index (χ4n) is 2.21. The van der Waals surface area contributed by atoms with E-state index >= 15 is 0 Å². The SMILES string of the molecule is CN(c1ccccc1)p1[se]p2[se]p1[se]p2N(C)c1ccccc1. The number of hydrogen-bond acceptors (Lipinski definition) is 2. The van der Waals surface area contributed by atoms with Crippen LogP contribution in [0.3, 0.4) is 0 Å². The molecule has 0 aliphatic carbocycles. The second-order valence-corrected chi connectivity index (χ2v) is 55.5. The van der Waals surface area contributed by atoms with Gasteiger partial charge in [0.05, 0.1) is 0 Å². The average molecular weight is 573 g/mol. The predicted octanol–water partition coefficient (Wildman–Crippen LogP) is 5.48. The monoisotopic (exact) mass is 576 g/mol. The molecule has 0 amide bonds. The summed E-state index contributed by atoms with van der Waals surface area (Å²) in [5.74, 6) is 0. The van der Waals surface area contributed by atoms with E-state index in [4.69, 9.17) is 0 Å². The van der Waals surface area contributed by atoms with Crippen molar-refractivity contribution in [3.05, 3.63) is 60.7 Å². The minimum absolute atomic E-state index is 0.218. The summed E-state index contributed by atoms with van der Waals surface area (Å²) < 4.78 is 6.20. The van der Waals surface area contributed by atoms with Gasteiger partial charge in [-0.2, -0.15) is 0 Å². The molecular formula is C14H16N2P4Se3. The topological polar surface area (TPSA) is 6.48 Å². The molecule has 0 saturated heterocycles. The first kappa shape index (κ1) is 17.2. The predicted molar refractivity (Wildman–Crippen MR) is 115 cm³/mol. The van der Waals surface area contributed by atoms with Gasteiger partial charge in [0.2, 0.25) is 0 Å². The number of nitrogens with zero attached hydrogens (tertiary/aromatic N) is 2. The quantitative estimate of drug-likeness (QED) is 0.299. The van der Waals surface area contributed by atoms with Crippen LogP contribution in [0, 0.1) is 0 Å². The summed E-state index contributed by atoms with van der Waals surface area (Å²) in [4.78, 5) is 0. The third-order valence-corrected chi connectivity index (χ3v) is 115. The van der Waals surface area contributed by atoms with E-state index in [1.54, 1.807) is 0 Å². The Balaban J connectivity index is 1.68. The van der Waals surface area contributed by atoms with Crippen molar-refractivity contribution in [3.8, 4) is 0 Å². The Kier molecular flexibility index (Phi) is 5.68. The molecule has 2 bridgehead atoms. The van der Waals surface area contributed by atoms with Gasteiger partial charge < -0.3 is 0 Å². The van der Waals surface area contributed by atoms with Crippen LogP contribution in [0.5, 0.6) is 0 Å². The zero-order chi connectivity index (χ0) is 15.8. The normalized spacial score (nSPS) is 14.2. The van der Waals surface area contributed by atoms with Crippen LogP contribution in [0.1, 0.15) is 0 Å². The van der Waals surface area contributed by atoms with Crippen LogP contribution in [0.15, 0.2) is 60.7 Å². The van der Waals surface area contributed by atoms with Crippen molar-refractivity contribution >= 4 is 72.8 Å². The third-order valence-electron chi connectivity index (χ3n) is 3.48. The second-order valence-electron chi connectivity index (χ2n) is 4.94. The fourth-order valence-corrected chi connectivity index (χ4v) is 230. The Bertz CT molecular complexity index is 844. The summed E-state index contributed by atoms with van der Waals surface area (Å²) in [6.45, 7) is 0. The number of fused-ring (bicyclic) bond motifs is 2. The van der Waals surface area contributed by atoms with E-state index in [1.165, 1.54) is 11.4 Å². The molecule has 4 rings (SSSR count). The van der Waals surface area contributed by atoms with Crippen molar-refractivity contribution in [2.75, 3.05) is 23.4 Å². The van der Waals surface area contributed by atoms with Crippen LogP contribution >= 0.6 is 20.7 Å². The second kappa shape index (κ2) is 7.58. The average Bonchev–Trinajstić information content (AvgIpc) is 3.22. The first-order valence-corrected chi connectivity index (χ1v) is 27.0. The van der Waals surface area contributed by atoms with E-state index in [1.807, 2.05) is 0 Å². The molecule has 2 nitrogen and oxygen atoms in total. The molecule has 0 N–H and O–H groups in total. The van der Waals surface area contributed by atoms with E-state index in [-0.39, 0.29) is 12.0 Å².